The van der Waals surface area contributed by atoms with Crippen LogP contribution in [0.25, 0.3) is 5.76 Å². The van der Waals surface area contributed by atoms with Gasteiger partial charge >= 0.3 is 5.97 Å². The number of fused-ring (bicyclic) bond motifs is 1. The minimum absolute atomic E-state index is 0.0502. The minimum Gasteiger partial charge on any atom is -0.507 e. The van der Waals surface area contributed by atoms with Crippen molar-refractivity contribution >= 4 is 29.1 Å². The lowest BCUT2D eigenvalue weighted by Crippen LogP contribution is -2.43. The number of ether oxygens (including phenoxy) is 1. The summed E-state index contributed by atoms with van der Waals surface area (Å²) >= 11 is 0. The summed E-state index contributed by atoms with van der Waals surface area (Å²) in [6.45, 7) is 4.81. The molecule has 7 nitrogen and oxygen atoms in total. The monoisotopic (exact) mass is 421 g/mol. The highest BCUT2D eigenvalue weighted by atomic mass is 16.6. The summed E-state index contributed by atoms with van der Waals surface area (Å²) in [6.07, 6.45) is 2.39. The molecule has 2 aromatic rings. The van der Waals surface area contributed by atoms with E-state index in [1.807, 2.05) is 6.92 Å². The number of hydrogen-bond donors (Lipinski definition) is 2. The number of benzene rings is 2. The number of carbonyl (C=O) groups is 4. The first-order chi connectivity index (χ1) is 14.8. The molecule has 0 amide bonds. The Morgan fingerprint density at radius 2 is 1.52 bits per heavy atom. The minimum atomic E-state index is -2.45. The zero-order chi connectivity index (χ0) is 22.8. The van der Waals surface area contributed by atoms with Crippen LogP contribution >= 0.6 is 0 Å². The SMILES string of the molecule is CCCCN.Cc1ccc(/C(O)=C2\C(=O)C(=O)OC23C(=O)c2ccccc2C3=O)cc1. The van der Waals surface area contributed by atoms with E-state index >= 15 is 0 Å². The van der Waals surface area contributed by atoms with Crippen molar-refractivity contribution in [3.05, 3.63) is 76.4 Å². The van der Waals surface area contributed by atoms with E-state index in [1.165, 1.54) is 37.1 Å². The molecule has 160 valence electrons. The van der Waals surface area contributed by atoms with E-state index in [1.54, 1.807) is 24.3 Å². The Labute approximate surface area is 179 Å². The number of esters is 1. The van der Waals surface area contributed by atoms with Crippen LogP contribution in [0.3, 0.4) is 0 Å². The third kappa shape index (κ3) is 3.57. The number of carbonyl (C=O) groups excluding carboxylic acids is 4. The molecule has 31 heavy (non-hydrogen) atoms. The molecule has 3 N–H and O–H groups in total. The van der Waals surface area contributed by atoms with Crippen molar-refractivity contribution in [1.82, 2.24) is 0 Å². The molecule has 0 saturated carbocycles. The van der Waals surface area contributed by atoms with Gasteiger partial charge in [-0.25, -0.2) is 4.79 Å². The van der Waals surface area contributed by atoms with Gasteiger partial charge in [-0.1, -0.05) is 67.4 Å². The highest BCUT2D eigenvalue weighted by Gasteiger charge is 2.67. The molecule has 2 aromatic carbocycles. The number of ketones is 3. The second kappa shape index (κ2) is 8.65. The molecule has 0 aromatic heterocycles. The van der Waals surface area contributed by atoms with Crippen LogP contribution in [0.4, 0.5) is 0 Å². The van der Waals surface area contributed by atoms with Gasteiger partial charge in [-0.05, 0) is 19.9 Å². The Hall–Kier alpha value is -3.58. The molecule has 0 atom stereocenters. The van der Waals surface area contributed by atoms with Crippen molar-refractivity contribution in [3.63, 3.8) is 0 Å². The van der Waals surface area contributed by atoms with Gasteiger partial charge < -0.3 is 15.6 Å². The molecular weight excluding hydrogens is 398 g/mol. The number of hydrogen-bond acceptors (Lipinski definition) is 7. The lowest BCUT2D eigenvalue weighted by atomic mass is 9.85. The molecule has 0 unspecified atom stereocenters. The van der Waals surface area contributed by atoms with E-state index in [0.717, 1.165) is 12.1 Å². The van der Waals surface area contributed by atoms with Gasteiger partial charge in [0.1, 0.15) is 11.3 Å². The second-order valence-corrected chi connectivity index (χ2v) is 7.34. The molecule has 4 rings (SSSR count). The lowest BCUT2D eigenvalue weighted by molar-refractivity contribution is -0.149. The third-order valence-corrected chi connectivity index (χ3v) is 5.19. The van der Waals surface area contributed by atoms with Crippen molar-refractivity contribution in [2.75, 3.05) is 6.54 Å². The smallest absolute Gasteiger partial charge is 0.381 e. The Morgan fingerprint density at radius 3 is 1.97 bits per heavy atom. The van der Waals surface area contributed by atoms with Crippen LogP contribution in [-0.2, 0) is 14.3 Å². The highest BCUT2D eigenvalue weighted by molar-refractivity contribution is 6.52. The molecule has 1 aliphatic carbocycles. The van der Waals surface area contributed by atoms with Crippen LogP contribution < -0.4 is 5.73 Å². The first-order valence-electron chi connectivity index (χ1n) is 9.96. The number of rotatable bonds is 3. The van der Waals surface area contributed by atoms with Crippen LogP contribution in [0.1, 0.15) is 51.6 Å². The number of Topliss-reactive ketones (excluding diaryl/α,β-unsaturated/α-hetero) is 3. The molecular formula is C24H23NO6. The van der Waals surface area contributed by atoms with Crippen molar-refractivity contribution < 1.29 is 29.0 Å². The fourth-order valence-corrected chi connectivity index (χ4v) is 3.51. The van der Waals surface area contributed by atoms with Gasteiger partial charge in [0.2, 0.25) is 11.6 Å². The van der Waals surface area contributed by atoms with Crippen LogP contribution in [-0.4, -0.2) is 40.6 Å². The second-order valence-electron chi connectivity index (χ2n) is 7.34. The number of nitrogens with two attached hydrogens (primary N) is 1. The van der Waals surface area contributed by atoms with Crippen LogP contribution in [0.15, 0.2) is 54.1 Å². The largest absolute Gasteiger partial charge is 0.507 e. The van der Waals surface area contributed by atoms with Gasteiger partial charge in [0.15, 0.2) is 0 Å². The lowest BCUT2D eigenvalue weighted by Gasteiger charge is -2.20. The summed E-state index contributed by atoms with van der Waals surface area (Å²) in [6, 6.07) is 12.4. The predicted molar refractivity (Wildman–Crippen MR) is 114 cm³/mol. The molecule has 1 fully saturated rings. The Balaban J connectivity index is 0.000000491. The zero-order valence-electron chi connectivity index (χ0n) is 17.3. The van der Waals surface area contributed by atoms with Gasteiger partial charge in [0, 0.05) is 16.7 Å². The van der Waals surface area contributed by atoms with Gasteiger partial charge in [0.25, 0.3) is 11.4 Å². The van der Waals surface area contributed by atoms with E-state index in [-0.39, 0.29) is 16.7 Å². The standard InChI is InChI=1S/C20H12O6.C4H11N/c1-10-6-8-11(9-7-10)15(21)14-16(22)19(25)26-20(14)17(23)12-4-2-3-5-13(12)18(20)24;1-2-3-4-5/h2-9,21H,1H3;2-5H2,1H3/b15-14-;. The van der Waals surface area contributed by atoms with E-state index in [2.05, 4.69) is 6.92 Å². The van der Waals surface area contributed by atoms with Crippen molar-refractivity contribution in [2.45, 2.75) is 32.3 Å². The van der Waals surface area contributed by atoms with Gasteiger partial charge in [-0.3, -0.25) is 14.4 Å². The van der Waals surface area contributed by atoms with Crippen molar-refractivity contribution in [2.24, 2.45) is 5.73 Å². The van der Waals surface area contributed by atoms with Gasteiger partial charge in [-0.2, -0.15) is 0 Å². The van der Waals surface area contributed by atoms with Crippen molar-refractivity contribution in [3.8, 4) is 0 Å². The molecule has 7 heteroatoms. The predicted octanol–water partition coefficient (Wildman–Crippen LogP) is 2.95. The molecule has 0 bridgehead atoms. The van der Waals surface area contributed by atoms with Crippen molar-refractivity contribution in [1.29, 1.82) is 0 Å². The Morgan fingerprint density at radius 1 is 0.968 bits per heavy atom. The summed E-state index contributed by atoms with van der Waals surface area (Å²) in [5.74, 6) is -4.81. The van der Waals surface area contributed by atoms with E-state index < -0.39 is 40.3 Å². The summed E-state index contributed by atoms with van der Waals surface area (Å²) < 4.78 is 5.00. The average Bonchev–Trinajstić information content (AvgIpc) is 3.15. The summed E-state index contributed by atoms with van der Waals surface area (Å²) in [5.41, 5.74) is 3.27. The highest BCUT2D eigenvalue weighted by Crippen LogP contribution is 2.44. The first-order valence-corrected chi connectivity index (χ1v) is 9.96. The number of aliphatic hydroxyl groups excluding tert-OH is 1. The molecule has 1 aliphatic heterocycles. The quantitative estimate of drug-likeness (QED) is 0.257. The summed E-state index contributed by atoms with van der Waals surface area (Å²) in [4.78, 5) is 50.2. The summed E-state index contributed by atoms with van der Waals surface area (Å²) in [7, 11) is 0. The molecule has 1 heterocycles. The number of aryl methyl sites for hydroxylation is 1. The van der Waals surface area contributed by atoms with Crippen LogP contribution in [0.5, 0.6) is 0 Å². The Kier molecular flexibility index (Phi) is 6.17. The van der Waals surface area contributed by atoms with Crippen LogP contribution in [0.2, 0.25) is 0 Å². The Bertz CT molecular complexity index is 1060. The van der Waals surface area contributed by atoms with E-state index in [9.17, 15) is 24.3 Å². The fraction of sp³-hybridized carbons (Fsp3) is 0.250. The number of aliphatic hydroxyl groups is 1. The maximum Gasteiger partial charge on any atom is 0.381 e. The van der Waals surface area contributed by atoms with Gasteiger partial charge in [0.05, 0.1) is 0 Å². The third-order valence-electron chi connectivity index (χ3n) is 5.19. The van der Waals surface area contributed by atoms with E-state index in [4.69, 9.17) is 10.5 Å². The van der Waals surface area contributed by atoms with Crippen LogP contribution in [0, 0.1) is 6.92 Å². The molecule has 1 spiro atoms. The molecule has 2 aliphatic rings. The average molecular weight is 421 g/mol. The number of unbranched alkanes of at least 4 members (excludes halogenated alkanes) is 1. The first kappa shape index (κ1) is 22.1. The van der Waals surface area contributed by atoms with Gasteiger partial charge in [-0.15, -0.1) is 0 Å². The normalized spacial score (nSPS) is 17.9. The van der Waals surface area contributed by atoms with E-state index in [0.29, 0.717) is 0 Å². The maximum atomic E-state index is 12.9. The summed E-state index contributed by atoms with van der Waals surface area (Å²) in [5, 5.41) is 10.7. The molecule has 0 radical (unpaired) electrons. The fourth-order valence-electron chi connectivity index (χ4n) is 3.51. The topological polar surface area (TPSA) is 124 Å². The maximum absolute atomic E-state index is 12.9. The zero-order valence-corrected chi connectivity index (χ0v) is 17.3. The molecule has 1 saturated heterocycles.